The van der Waals surface area contributed by atoms with E-state index in [9.17, 15) is 23.4 Å². The molecule has 2 aromatic carbocycles. The second-order valence-corrected chi connectivity index (χ2v) is 8.09. The first-order valence-electron chi connectivity index (χ1n) is 10.6. The second-order valence-electron chi connectivity index (χ2n) is 8.09. The van der Waals surface area contributed by atoms with Crippen LogP contribution in [0.15, 0.2) is 60.9 Å². The summed E-state index contributed by atoms with van der Waals surface area (Å²) in [5, 5.41) is 23.6. The van der Waals surface area contributed by atoms with Crippen LogP contribution in [0.1, 0.15) is 11.3 Å². The molecule has 4 rings (SSSR count). The molecule has 1 aromatic heterocycles. The predicted molar refractivity (Wildman–Crippen MR) is 118 cm³/mol. The number of ether oxygens (including phenoxy) is 2. The largest absolute Gasteiger partial charge is 0.491 e. The molecule has 0 saturated carbocycles. The lowest BCUT2D eigenvalue weighted by Gasteiger charge is -2.37. The first kappa shape index (κ1) is 23.9. The van der Waals surface area contributed by atoms with E-state index in [4.69, 9.17) is 9.47 Å². The third-order valence-electron chi connectivity index (χ3n) is 5.54. The van der Waals surface area contributed by atoms with Crippen molar-refractivity contribution in [2.24, 2.45) is 0 Å². The predicted octanol–water partition coefficient (Wildman–Crippen LogP) is 3.45. The molecule has 0 radical (unpaired) electrons. The van der Waals surface area contributed by atoms with E-state index >= 15 is 0 Å². The van der Waals surface area contributed by atoms with Crippen LogP contribution in [0.2, 0.25) is 0 Å². The van der Waals surface area contributed by atoms with E-state index in [0.29, 0.717) is 11.9 Å². The Kier molecular flexibility index (Phi) is 7.01. The van der Waals surface area contributed by atoms with Gasteiger partial charge >= 0.3 is 6.18 Å². The summed E-state index contributed by atoms with van der Waals surface area (Å²) < 4.78 is 49.8. The highest BCUT2D eigenvalue weighted by Gasteiger charge is 2.39. The minimum absolute atomic E-state index is 0.0157. The zero-order valence-corrected chi connectivity index (χ0v) is 18.2. The number of hydrogen-bond acceptors (Lipinski definition) is 7. The summed E-state index contributed by atoms with van der Waals surface area (Å²) in [6, 6.07) is 14.7. The minimum atomic E-state index is -4.65. The molecule has 3 N–H and O–H groups in total. The van der Waals surface area contributed by atoms with E-state index in [-0.39, 0.29) is 19.0 Å². The average Bonchev–Trinajstić information content (AvgIpc) is 2.82. The number of aliphatic hydroxyl groups excluding tert-OH is 2. The molecule has 10 heteroatoms. The number of benzene rings is 2. The second kappa shape index (κ2) is 9.96. The van der Waals surface area contributed by atoms with Crippen LogP contribution in [0, 0.1) is 6.92 Å². The molecule has 0 spiro atoms. The number of nitrogens with one attached hydrogen (secondary N) is 1. The standard InChI is InChI=1S/C24H24F3N3O4/c1-14-2-4-15(5-3-14)16-6-8-17(9-7-16)33-13-19-23(32)22(31)18(12-34-19)29-21-11-28-10-20(30-21)24(25,26)27/h2-11,18-19,22-23,31-32H,12-13H2,1H3,(H,29,30)/t18-,19+,22+,23-/m0/s1. The van der Waals surface area contributed by atoms with Gasteiger partial charge in [-0.1, -0.05) is 42.0 Å². The number of hydrogen-bond donors (Lipinski definition) is 3. The minimum Gasteiger partial charge on any atom is -0.491 e. The quantitative estimate of drug-likeness (QED) is 0.503. The van der Waals surface area contributed by atoms with Crippen LogP contribution in [-0.4, -0.2) is 57.7 Å². The van der Waals surface area contributed by atoms with Gasteiger partial charge in [0.2, 0.25) is 0 Å². The highest BCUT2D eigenvalue weighted by Crippen LogP contribution is 2.28. The van der Waals surface area contributed by atoms with Crippen molar-refractivity contribution < 1.29 is 32.9 Å². The van der Waals surface area contributed by atoms with Crippen LogP contribution in [0.5, 0.6) is 5.75 Å². The number of nitrogens with zero attached hydrogens (tertiary/aromatic N) is 2. The summed E-state index contributed by atoms with van der Waals surface area (Å²) in [7, 11) is 0. The monoisotopic (exact) mass is 475 g/mol. The molecule has 180 valence electrons. The highest BCUT2D eigenvalue weighted by molar-refractivity contribution is 5.64. The molecule has 4 atom stereocenters. The lowest BCUT2D eigenvalue weighted by atomic mass is 9.98. The molecule has 0 bridgehead atoms. The van der Waals surface area contributed by atoms with Crippen molar-refractivity contribution in [2.75, 3.05) is 18.5 Å². The Labute approximate surface area is 194 Å². The summed E-state index contributed by atoms with van der Waals surface area (Å²) in [5.41, 5.74) is 2.12. The van der Waals surface area contributed by atoms with Crippen LogP contribution in [0.3, 0.4) is 0 Å². The van der Waals surface area contributed by atoms with E-state index < -0.39 is 36.2 Å². The fraction of sp³-hybridized carbons (Fsp3) is 0.333. The van der Waals surface area contributed by atoms with Gasteiger partial charge in [0.1, 0.15) is 36.5 Å². The van der Waals surface area contributed by atoms with Crippen molar-refractivity contribution in [1.29, 1.82) is 0 Å². The molecular weight excluding hydrogens is 451 g/mol. The van der Waals surface area contributed by atoms with Crippen molar-refractivity contribution >= 4 is 5.82 Å². The normalized spacial score (nSPS) is 22.9. The fourth-order valence-electron chi connectivity index (χ4n) is 3.59. The number of aromatic nitrogens is 2. The van der Waals surface area contributed by atoms with Crippen molar-refractivity contribution in [3.8, 4) is 16.9 Å². The molecule has 0 amide bonds. The average molecular weight is 475 g/mol. The zero-order chi connectivity index (χ0) is 24.3. The maximum absolute atomic E-state index is 12.8. The molecular formula is C24H24F3N3O4. The van der Waals surface area contributed by atoms with E-state index in [2.05, 4.69) is 15.3 Å². The van der Waals surface area contributed by atoms with Gasteiger partial charge < -0.3 is 25.0 Å². The summed E-state index contributed by atoms with van der Waals surface area (Å²) in [5.74, 6) is 0.388. The summed E-state index contributed by atoms with van der Waals surface area (Å²) >= 11 is 0. The van der Waals surface area contributed by atoms with Crippen molar-refractivity contribution in [3.63, 3.8) is 0 Å². The zero-order valence-electron chi connectivity index (χ0n) is 18.2. The number of alkyl halides is 3. The molecule has 1 aliphatic heterocycles. The Bertz CT molecular complexity index is 1090. The van der Waals surface area contributed by atoms with Gasteiger partial charge in [0, 0.05) is 0 Å². The number of rotatable bonds is 6. The first-order valence-corrected chi connectivity index (χ1v) is 10.6. The van der Waals surface area contributed by atoms with Gasteiger partial charge in [-0.3, -0.25) is 4.98 Å². The summed E-state index contributed by atoms with van der Waals surface area (Å²) in [4.78, 5) is 6.97. The Morgan fingerprint density at radius 2 is 1.65 bits per heavy atom. The van der Waals surface area contributed by atoms with Crippen LogP contribution < -0.4 is 10.1 Å². The Hall–Kier alpha value is -3.21. The Morgan fingerprint density at radius 3 is 2.29 bits per heavy atom. The van der Waals surface area contributed by atoms with Gasteiger partial charge in [-0.05, 0) is 30.2 Å². The molecule has 1 saturated heterocycles. The van der Waals surface area contributed by atoms with E-state index in [1.54, 1.807) is 12.1 Å². The number of halogens is 3. The van der Waals surface area contributed by atoms with E-state index in [0.717, 1.165) is 17.3 Å². The van der Waals surface area contributed by atoms with Crippen LogP contribution in [0.25, 0.3) is 11.1 Å². The van der Waals surface area contributed by atoms with Gasteiger partial charge in [0.05, 0.1) is 25.0 Å². The lowest BCUT2D eigenvalue weighted by Crippen LogP contribution is -2.57. The maximum atomic E-state index is 12.8. The van der Waals surface area contributed by atoms with Gasteiger partial charge in [0.15, 0.2) is 5.69 Å². The molecule has 1 aliphatic rings. The SMILES string of the molecule is Cc1ccc(-c2ccc(OC[C@H]3OC[C@H](Nc4cncc(C(F)(F)F)n4)[C@@H](O)[C@H]3O)cc2)cc1. The van der Waals surface area contributed by atoms with Gasteiger partial charge in [-0.15, -0.1) is 0 Å². The Balaban J connectivity index is 1.32. The first-order chi connectivity index (χ1) is 16.2. The third kappa shape index (κ3) is 5.64. The number of aliphatic hydroxyl groups is 2. The van der Waals surface area contributed by atoms with Crippen LogP contribution >= 0.6 is 0 Å². The summed E-state index contributed by atoms with van der Waals surface area (Å²) in [6.07, 6.45) is -6.40. The van der Waals surface area contributed by atoms with Gasteiger partial charge in [-0.25, -0.2) is 4.98 Å². The van der Waals surface area contributed by atoms with Crippen molar-refractivity contribution in [2.45, 2.75) is 37.5 Å². The molecule has 0 aliphatic carbocycles. The van der Waals surface area contributed by atoms with Crippen molar-refractivity contribution in [3.05, 3.63) is 72.2 Å². The fourth-order valence-corrected chi connectivity index (χ4v) is 3.59. The molecule has 2 heterocycles. The van der Waals surface area contributed by atoms with Gasteiger partial charge in [0.25, 0.3) is 0 Å². The molecule has 0 unspecified atom stereocenters. The van der Waals surface area contributed by atoms with E-state index in [1.165, 1.54) is 5.56 Å². The van der Waals surface area contributed by atoms with Crippen LogP contribution in [-0.2, 0) is 10.9 Å². The molecule has 1 fully saturated rings. The molecule has 34 heavy (non-hydrogen) atoms. The van der Waals surface area contributed by atoms with Crippen LogP contribution in [0.4, 0.5) is 19.0 Å². The van der Waals surface area contributed by atoms with E-state index in [1.807, 2.05) is 43.3 Å². The molecule has 7 nitrogen and oxygen atoms in total. The summed E-state index contributed by atoms with van der Waals surface area (Å²) in [6.45, 7) is 1.94. The Morgan fingerprint density at radius 1 is 1.00 bits per heavy atom. The van der Waals surface area contributed by atoms with Gasteiger partial charge in [-0.2, -0.15) is 13.2 Å². The van der Waals surface area contributed by atoms with Crippen molar-refractivity contribution in [1.82, 2.24) is 9.97 Å². The number of anilines is 1. The smallest absolute Gasteiger partial charge is 0.434 e. The topological polar surface area (TPSA) is 96.7 Å². The third-order valence-corrected chi connectivity index (χ3v) is 5.54. The highest BCUT2D eigenvalue weighted by atomic mass is 19.4. The molecule has 3 aromatic rings. The maximum Gasteiger partial charge on any atom is 0.434 e. The number of aryl methyl sites for hydroxylation is 1. The lowest BCUT2D eigenvalue weighted by molar-refractivity contribution is -0.150.